The molecule has 2 heteroatoms. The van der Waals surface area contributed by atoms with Gasteiger partial charge in [0.2, 0.25) is 0 Å². The summed E-state index contributed by atoms with van der Waals surface area (Å²) in [5.41, 5.74) is -0.471. The summed E-state index contributed by atoms with van der Waals surface area (Å²) in [6.07, 6.45) is 4.27. The van der Waals surface area contributed by atoms with Crippen molar-refractivity contribution in [1.82, 2.24) is 5.32 Å². The fourth-order valence-electron chi connectivity index (χ4n) is 1.77. The summed E-state index contributed by atoms with van der Waals surface area (Å²) in [7, 11) is 0. The summed E-state index contributed by atoms with van der Waals surface area (Å²) in [5, 5.41) is 13.5. The van der Waals surface area contributed by atoms with Crippen LogP contribution in [0.15, 0.2) is 0 Å². The van der Waals surface area contributed by atoms with Crippen LogP contribution >= 0.6 is 0 Å². The molecule has 0 bridgehead atoms. The molecule has 1 saturated carbocycles. The fraction of sp³-hybridized carbons (Fsp3) is 1.00. The van der Waals surface area contributed by atoms with Crippen molar-refractivity contribution in [3.8, 4) is 0 Å². The number of rotatable bonds is 6. The molecule has 0 amide bonds. The van der Waals surface area contributed by atoms with Crippen LogP contribution in [0.5, 0.6) is 0 Å². The normalized spacial score (nSPS) is 27.7. The summed E-state index contributed by atoms with van der Waals surface area (Å²) < 4.78 is 0. The first kappa shape index (κ1) is 11.0. The van der Waals surface area contributed by atoms with Gasteiger partial charge in [0.05, 0.1) is 5.60 Å². The monoisotopic (exact) mass is 185 g/mol. The second kappa shape index (κ2) is 4.43. The second-order valence-corrected chi connectivity index (χ2v) is 4.32. The van der Waals surface area contributed by atoms with Crippen LogP contribution < -0.4 is 5.32 Å². The highest BCUT2D eigenvalue weighted by atomic mass is 16.3. The lowest BCUT2D eigenvalue weighted by atomic mass is 9.97. The van der Waals surface area contributed by atoms with Crippen LogP contribution in [-0.4, -0.2) is 23.3 Å². The molecule has 1 fully saturated rings. The Morgan fingerprint density at radius 1 is 1.31 bits per heavy atom. The van der Waals surface area contributed by atoms with Gasteiger partial charge in [0.15, 0.2) is 0 Å². The van der Waals surface area contributed by atoms with Crippen molar-refractivity contribution in [2.75, 3.05) is 6.54 Å². The van der Waals surface area contributed by atoms with E-state index in [-0.39, 0.29) is 0 Å². The molecule has 1 rings (SSSR count). The van der Waals surface area contributed by atoms with Gasteiger partial charge in [0.1, 0.15) is 0 Å². The third-order valence-corrected chi connectivity index (χ3v) is 3.46. The standard InChI is InChI=1S/C11H23NO/c1-4-9-7-10(9)12-8-11(13,5-2)6-3/h9-10,12-13H,4-8H2,1-3H3. The lowest BCUT2D eigenvalue weighted by Gasteiger charge is -2.25. The average Bonchev–Trinajstić information content (AvgIpc) is 2.93. The smallest absolute Gasteiger partial charge is 0.0766 e. The van der Waals surface area contributed by atoms with E-state index in [9.17, 15) is 5.11 Å². The van der Waals surface area contributed by atoms with Crippen LogP contribution in [0.2, 0.25) is 0 Å². The van der Waals surface area contributed by atoms with E-state index in [2.05, 4.69) is 26.1 Å². The Morgan fingerprint density at radius 2 is 1.92 bits per heavy atom. The van der Waals surface area contributed by atoms with Gasteiger partial charge in [-0.05, 0) is 25.2 Å². The van der Waals surface area contributed by atoms with Gasteiger partial charge < -0.3 is 10.4 Å². The van der Waals surface area contributed by atoms with Crippen molar-refractivity contribution in [1.29, 1.82) is 0 Å². The van der Waals surface area contributed by atoms with E-state index in [0.29, 0.717) is 6.04 Å². The van der Waals surface area contributed by atoms with Crippen LogP contribution in [0.1, 0.15) is 46.5 Å². The van der Waals surface area contributed by atoms with Crippen LogP contribution in [0.3, 0.4) is 0 Å². The van der Waals surface area contributed by atoms with Crippen molar-refractivity contribution in [2.45, 2.75) is 58.1 Å². The maximum Gasteiger partial charge on any atom is 0.0766 e. The van der Waals surface area contributed by atoms with Gasteiger partial charge in [-0.15, -0.1) is 0 Å². The number of aliphatic hydroxyl groups is 1. The largest absolute Gasteiger partial charge is 0.389 e. The maximum absolute atomic E-state index is 10.0. The molecule has 0 radical (unpaired) electrons. The van der Waals surface area contributed by atoms with E-state index in [0.717, 1.165) is 25.3 Å². The zero-order valence-electron chi connectivity index (χ0n) is 9.14. The Balaban J connectivity index is 2.18. The molecule has 0 aromatic rings. The molecular weight excluding hydrogens is 162 g/mol. The highest BCUT2D eigenvalue weighted by Gasteiger charge is 2.36. The van der Waals surface area contributed by atoms with E-state index in [4.69, 9.17) is 0 Å². The number of hydrogen-bond donors (Lipinski definition) is 2. The molecule has 0 heterocycles. The van der Waals surface area contributed by atoms with Crippen LogP contribution in [0, 0.1) is 5.92 Å². The molecule has 0 aromatic carbocycles. The third kappa shape index (κ3) is 2.96. The summed E-state index contributed by atoms with van der Waals surface area (Å²) in [4.78, 5) is 0. The molecule has 0 aliphatic heterocycles. The molecular formula is C11H23NO. The second-order valence-electron chi connectivity index (χ2n) is 4.32. The summed E-state index contributed by atoms with van der Waals surface area (Å²) >= 11 is 0. The van der Waals surface area contributed by atoms with Gasteiger partial charge in [0, 0.05) is 12.6 Å². The van der Waals surface area contributed by atoms with Gasteiger partial charge in [-0.1, -0.05) is 27.2 Å². The molecule has 1 aliphatic rings. The summed E-state index contributed by atoms with van der Waals surface area (Å²) in [6.45, 7) is 7.10. The Kier molecular flexibility index (Phi) is 3.74. The molecule has 1 aliphatic carbocycles. The van der Waals surface area contributed by atoms with E-state index in [1.807, 2.05) is 0 Å². The van der Waals surface area contributed by atoms with Crippen molar-refractivity contribution < 1.29 is 5.11 Å². The minimum absolute atomic E-state index is 0.471. The minimum atomic E-state index is -0.471. The molecule has 13 heavy (non-hydrogen) atoms. The van der Waals surface area contributed by atoms with Gasteiger partial charge in [-0.2, -0.15) is 0 Å². The van der Waals surface area contributed by atoms with Gasteiger partial charge in [-0.25, -0.2) is 0 Å². The first-order valence-corrected chi connectivity index (χ1v) is 5.61. The van der Waals surface area contributed by atoms with Crippen molar-refractivity contribution >= 4 is 0 Å². The van der Waals surface area contributed by atoms with Gasteiger partial charge >= 0.3 is 0 Å². The van der Waals surface area contributed by atoms with E-state index >= 15 is 0 Å². The maximum atomic E-state index is 10.0. The highest BCUT2D eigenvalue weighted by molar-refractivity contribution is 4.94. The molecule has 2 atom stereocenters. The third-order valence-electron chi connectivity index (χ3n) is 3.46. The zero-order valence-corrected chi connectivity index (χ0v) is 9.14. The Hall–Kier alpha value is -0.0800. The van der Waals surface area contributed by atoms with E-state index < -0.39 is 5.60 Å². The Bertz CT molecular complexity index is 154. The topological polar surface area (TPSA) is 32.3 Å². The summed E-state index contributed by atoms with van der Waals surface area (Å²) in [5.74, 6) is 0.873. The Morgan fingerprint density at radius 3 is 2.31 bits per heavy atom. The Labute approximate surface area is 81.7 Å². The molecule has 0 spiro atoms. The summed E-state index contributed by atoms with van der Waals surface area (Å²) in [6, 6.07) is 0.689. The molecule has 2 unspecified atom stereocenters. The average molecular weight is 185 g/mol. The predicted molar refractivity (Wildman–Crippen MR) is 55.7 cm³/mol. The first-order valence-electron chi connectivity index (χ1n) is 5.61. The molecule has 78 valence electrons. The lowest BCUT2D eigenvalue weighted by molar-refractivity contribution is 0.0319. The van der Waals surface area contributed by atoms with Crippen molar-refractivity contribution in [2.24, 2.45) is 5.92 Å². The lowest BCUT2D eigenvalue weighted by Crippen LogP contribution is -2.40. The van der Waals surface area contributed by atoms with Crippen LogP contribution in [0.25, 0.3) is 0 Å². The first-order chi connectivity index (χ1) is 6.15. The van der Waals surface area contributed by atoms with Crippen molar-refractivity contribution in [3.63, 3.8) is 0 Å². The van der Waals surface area contributed by atoms with Gasteiger partial charge in [0.25, 0.3) is 0 Å². The quantitative estimate of drug-likeness (QED) is 0.662. The predicted octanol–water partition coefficient (Wildman–Crippen LogP) is 1.93. The van der Waals surface area contributed by atoms with Crippen LogP contribution in [-0.2, 0) is 0 Å². The highest BCUT2D eigenvalue weighted by Crippen LogP contribution is 2.33. The zero-order chi connectivity index (χ0) is 9.90. The number of nitrogens with one attached hydrogen (secondary N) is 1. The van der Waals surface area contributed by atoms with E-state index in [1.165, 1.54) is 12.8 Å². The molecule has 2 N–H and O–H groups in total. The SMILES string of the molecule is CCC1CC1NCC(O)(CC)CC. The molecule has 0 saturated heterocycles. The number of hydrogen-bond acceptors (Lipinski definition) is 2. The minimum Gasteiger partial charge on any atom is -0.389 e. The van der Waals surface area contributed by atoms with Crippen LogP contribution in [0.4, 0.5) is 0 Å². The molecule has 0 aromatic heterocycles. The van der Waals surface area contributed by atoms with Crippen molar-refractivity contribution in [3.05, 3.63) is 0 Å². The van der Waals surface area contributed by atoms with Gasteiger partial charge in [-0.3, -0.25) is 0 Å². The fourth-order valence-corrected chi connectivity index (χ4v) is 1.77. The molecule has 2 nitrogen and oxygen atoms in total. The van der Waals surface area contributed by atoms with E-state index in [1.54, 1.807) is 0 Å².